The number of nitro groups is 1. The van der Waals surface area contributed by atoms with Crippen LogP contribution >= 0.6 is 0 Å². The summed E-state index contributed by atoms with van der Waals surface area (Å²) in [6.45, 7) is 5.58. The number of carbonyl (C=O) groups excluding carboxylic acids is 1. The van der Waals surface area contributed by atoms with Gasteiger partial charge in [0, 0.05) is 30.8 Å². The molecule has 0 radical (unpaired) electrons. The van der Waals surface area contributed by atoms with Gasteiger partial charge in [0.1, 0.15) is 5.75 Å². The summed E-state index contributed by atoms with van der Waals surface area (Å²) in [7, 11) is -2.31. The number of sulfonamides is 1. The number of hydrogen-bond donors (Lipinski definition) is 1. The van der Waals surface area contributed by atoms with Crippen LogP contribution in [0.4, 0.5) is 11.4 Å². The van der Waals surface area contributed by atoms with Crippen LogP contribution < -0.4 is 10.1 Å². The molecule has 0 heterocycles. The monoisotopic (exact) mass is 497 g/mol. The van der Waals surface area contributed by atoms with E-state index in [1.165, 1.54) is 23.5 Å². The van der Waals surface area contributed by atoms with Gasteiger partial charge in [0.2, 0.25) is 10.0 Å². The molecule has 0 aliphatic heterocycles. The standard InChI is InChI=1S/C25H27N3O6S/c1-5-34-24-14-11-19(25(29)26-22-7-6-8-23(18(22)3)28(30)31)15-20(24)16-27(4)35(32,33)21-12-9-17(2)10-13-21/h6-15H,5,16H2,1-4H3,(H,26,29). The lowest BCUT2D eigenvalue weighted by Gasteiger charge is -2.20. The molecular weight excluding hydrogens is 470 g/mol. The molecule has 3 rings (SSSR count). The van der Waals surface area contributed by atoms with E-state index in [-0.39, 0.29) is 22.7 Å². The van der Waals surface area contributed by atoms with Gasteiger partial charge in [-0.3, -0.25) is 14.9 Å². The highest BCUT2D eigenvalue weighted by Crippen LogP contribution is 2.28. The quantitative estimate of drug-likeness (QED) is 0.339. The first-order valence-electron chi connectivity index (χ1n) is 10.9. The van der Waals surface area contributed by atoms with E-state index in [4.69, 9.17) is 4.74 Å². The van der Waals surface area contributed by atoms with E-state index in [0.717, 1.165) is 5.56 Å². The lowest BCUT2D eigenvalue weighted by Crippen LogP contribution is -2.27. The summed E-state index contributed by atoms with van der Waals surface area (Å²) in [5.41, 5.74) is 2.27. The molecule has 0 aliphatic rings. The van der Waals surface area contributed by atoms with Crippen LogP contribution in [0.2, 0.25) is 0 Å². The zero-order valence-electron chi connectivity index (χ0n) is 19.9. The van der Waals surface area contributed by atoms with Crippen molar-refractivity contribution in [2.24, 2.45) is 0 Å². The summed E-state index contributed by atoms with van der Waals surface area (Å²) >= 11 is 0. The van der Waals surface area contributed by atoms with Crippen molar-refractivity contribution < 1.29 is 22.9 Å². The molecule has 0 fully saturated rings. The molecule has 1 N–H and O–H groups in total. The van der Waals surface area contributed by atoms with Gasteiger partial charge in [0.05, 0.1) is 27.7 Å². The van der Waals surface area contributed by atoms with E-state index >= 15 is 0 Å². The number of ether oxygens (including phenoxy) is 1. The van der Waals surface area contributed by atoms with E-state index in [1.54, 1.807) is 55.5 Å². The number of rotatable bonds is 9. The van der Waals surface area contributed by atoms with E-state index in [1.807, 2.05) is 13.8 Å². The summed E-state index contributed by atoms with van der Waals surface area (Å²) in [5, 5.41) is 13.9. The molecule has 35 heavy (non-hydrogen) atoms. The predicted octanol–water partition coefficient (Wildman–Crippen LogP) is 4.68. The highest BCUT2D eigenvalue weighted by molar-refractivity contribution is 7.89. The SMILES string of the molecule is CCOc1ccc(C(=O)Nc2cccc([N+](=O)[O-])c2C)cc1CN(C)S(=O)(=O)c1ccc(C)cc1. The molecule has 10 heteroatoms. The number of hydrogen-bond acceptors (Lipinski definition) is 6. The maximum absolute atomic E-state index is 13.1. The molecule has 0 saturated heterocycles. The van der Waals surface area contributed by atoms with Crippen molar-refractivity contribution >= 4 is 27.3 Å². The maximum atomic E-state index is 13.1. The fourth-order valence-corrected chi connectivity index (χ4v) is 4.66. The van der Waals surface area contributed by atoms with E-state index in [9.17, 15) is 23.3 Å². The Labute approximate surface area is 204 Å². The number of amides is 1. The van der Waals surface area contributed by atoms with Crippen LogP contribution in [0, 0.1) is 24.0 Å². The number of anilines is 1. The van der Waals surface area contributed by atoms with Gasteiger partial charge < -0.3 is 10.1 Å². The lowest BCUT2D eigenvalue weighted by molar-refractivity contribution is -0.385. The highest BCUT2D eigenvalue weighted by Gasteiger charge is 2.23. The van der Waals surface area contributed by atoms with Crippen molar-refractivity contribution in [3.8, 4) is 5.75 Å². The van der Waals surface area contributed by atoms with Crippen molar-refractivity contribution in [3.63, 3.8) is 0 Å². The molecule has 3 aromatic rings. The summed E-state index contributed by atoms with van der Waals surface area (Å²) in [6, 6.07) is 15.7. The molecule has 9 nitrogen and oxygen atoms in total. The Morgan fingerprint density at radius 1 is 1.09 bits per heavy atom. The van der Waals surface area contributed by atoms with Gasteiger partial charge in [-0.2, -0.15) is 4.31 Å². The normalized spacial score (nSPS) is 11.3. The average molecular weight is 498 g/mol. The molecule has 0 aromatic heterocycles. The van der Waals surface area contributed by atoms with Gasteiger partial charge in [0.25, 0.3) is 11.6 Å². The third-order valence-electron chi connectivity index (χ3n) is 5.49. The number of nitrogens with one attached hydrogen (secondary N) is 1. The summed E-state index contributed by atoms with van der Waals surface area (Å²) in [6.07, 6.45) is 0. The number of carbonyl (C=O) groups is 1. The van der Waals surface area contributed by atoms with Gasteiger partial charge in [-0.1, -0.05) is 23.8 Å². The Morgan fingerprint density at radius 3 is 2.40 bits per heavy atom. The average Bonchev–Trinajstić information content (AvgIpc) is 2.81. The van der Waals surface area contributed by atoms with Crippen LogP contribution in [0.3, 0.4) is 0 Å². The molecule has 0 unspecified atom stereocenters. The third kappa shape index (κ3) is 5.84. The molecule has 3 aromatic carbocycles. The van der Waals surface area contributed by atoms with Gasteiger partial charge in [-0.15, -0.1) is 0 Å². The molecule has 0 bridgehead atoms. The van der Waals surface area contributed by atoms with Crippen molar-refractivity contribution in [2.45, 2.75) is 32.2 Å². The lowest BCUT2D eigenvalue weighted by atomic mass is 10.1. The fraction of sp³-hybridized carbons (Fsp3) is 0.240. The number of aryl methyl sites for hydroxylation is 1. The molecule has 184 valence electrons. The largest absolute Gasteiger partial charge is 0.494 e. The van der Waals surface area contributed by atoms with Gasteiger partial charge >= 0.3 is 0 Å². The smallest absolute Gasteiger partial charge is 0.274 e. The Morgan fingerprint density at radius 2 is 1.77 bits per heavy atom. The Kier molecular flexibility index (Phi) is 7.88. The van der Waals surface area contributed by atoms with Crippen LogP contribution in [0.5, 0.6) is 5.75 Å². The molecule has 1 amide bonds. The predicted molar refractivity (Wildman–Crippen MR) is 133 cm³/mol. The van der Waals surface area contributed by atoms with E-state index in [0.29, 0.717) is 29.2 Å². The molecule has 0 spiro atoms. The van der Waals surface area contributed by atoms with Crippen molar-refractivity contribution in [2.75, 3.05) is 19.0 Å². The molecular formula is C25H27N3O6S. The van der Waals surface area contributed by atoms with Crippen molar-refractivity contribution in [1.29, 1.82) is 0 Å². The Bertz CT molecular complexity index is 1350. The number of benzene rings is 3. The molecule has 0 saturated carbocycles. The number of nitrogens with zero attached hydrogens (tertiary/aromatic N) is 2. The summed E-state index contributed by atoms with van der Waals surface area (Å²) in [4.78, 5) is 23.8. The molecule has 0 aliphatic carbocycles. The van der Waals surface area contributed by atoms with E-state index < -0.39 is 20.9 Å². The van der Waals surface area contributed by atoms with Crippen LogP contribution in [-0.4, -0.2) is 37.2 Å². The van der Waals surface area contributed by atoms with Crippen molar-refractivity contribution in [1.82, 2.24) is 4.31 Å². The second kappa shape index (κ2) is 10.7. The van der Waals surface area contributed by atoms with Crippen LogP contribution in [0.15, 0.2) is 65.6 Å². The van der Waals surface area contributed by atoms with Gasteiger partial charge in [-0.25, -0.2) is 8.42 Å². The summed E-state index contributed by atoms with van der Waals surface area (Å²) < 4.78 is 33.0. The minimum Gasteiger partial charge on any atom is -0.494 e. The van der Waals surface area contributed by atoms with Crippen molar-refractivity contribution in [3.05, 3.63) is 93.0 Å². The summed E-state index contributed by atoms with van der Waals surface area (Å²) in [5.74, 6) is -0.0246. The van der Waals surface area contributed by atoms with Crippen LogP contribution in [0.1, 0.15) is 34.0 Å². The number of nitro benzene ring substituents is 1. The minimum atomic E-state index is -3.77. The topological polar surface area (TPSA) is 119 Å². The minimum absolute atomic E-state index is 0.0253. The first kappa shape index (κ1) is 25.9. The Hall–Kier alpha value is -3.76. The highest BCUT2D eigenvalue weighted by atomic mass is 32.2. The second-order valence-corrected chi connectivity index (χ2v) is 10.0. The van der Waals surface area contributed by atoms with Gasteiger partial charge in [0.15, 0.2) is 0 Å². The van der Waals surface area contributed by atoms with Gasteiger partial charge in [-0.05, 0) is 57.2 Å². The first-order valence-corrected chi connectivity index (χ1v) is 12.3. The Balaban J connectivity index is 1.89. The zero-order chi connectivity index (χ0) is 25.8. The zero-order valence-corrected chi connectivity index (χ0v) is 20.8. The first-order chi connectivity index (χ1) is 16.5. The van der Waals surface area contributed by atoms with E-state index in [2.05, 4.69) is 5.32 Å². The second-order valence-electron chi connectivity index (χ2n) is 7.99. The molecule has 0 atom stereocenters. The van der Waals surface area contributed by atoms with Crippen LogP contribution in [-0.2, 0) is 16.6 Å². The maximum Gasteiger partial charge on any atom is 0.274 e. The third-order valence-corrected chi connectivity index (χ3v) is 7.31. The fourth-order valence-electron chi connectivity index (χ4n) is 3.51. The van der Waals surface area contributed by atoms with Crippen LogP contribution in [0.25, 0.3) is 0 Å².